The van der Waals surface area contributed by atoms with Crippen LogP contribution in [0.1, 0.15) is 5.69 Å². The number of hydrogen-bond donors (Lipinski definition) is 1. The Labute approximate surface area is 93.3 Å². The Bertz CT molecular complexity index is 493. The molecule has 2 heterocycles. The number of nitrogens with zero attached hydrogens (tertiary/aromatic N) is 3. The molecule has 2 N–H and O–H groups in total. The van der Waals surface area contributed by atoms with Gasteiger partial charge in [0.1, 0.15) is 11.5 Å². The van der Waals surface area contributed by atoms with E-state index in [4.69, 9.17) is 10.5 Å². The lowest BCUT2D eigenvalue weighted by Gasteiger charge is -2.04. The summed E-state index contributed by atoms with van der Waals surface area (Å²) in [6, 6.07) is 7.13. The van der Waals surface area contributed by atoms with E-state index in [2.05, 4.69) is 15.0 Å². The summed E-state index contributed by atoms with van der Waals surface area (Å²) in [6.45, 7) is 1.86. The average molecular weight is 216 g/mol. The highest BCUT2D eigenvalue weighted by atomic mass is 16.5. The van der Waals surface area contributed by atoms with Gasteiger partial charge in [0.25, 0.3) is 0 Å². The lowest BCUT2D eigenvalue weighted by Crippen LogP contribution is -1.99. The van der Waals surface area contributed by atoms with Gasteiger partial charge in [-0.25, -0.2) is 15.0 Å². The molecule has 16 heavy (non-hydrogen) atoms. The second kappa shape index (κ2) is 4.14. The minimum atomic E-state index is 0.437. The first-order valence-corrected chi connectivity index (χ1v) is 4.81. The molecule has 2 aromatic rings. The van der Waals surface area contributed by atoms with Gasteiger partial charge in [0, 0.05) is 17.8 Å². The zero-order chi connectivity index (χ0) is 11.5. The van der Waals surface area contributed by atoms with Crippen molar-refractivity contribution in [3.8, 4) is 17.4 Å². The highest BCUT2D eigenvalue weighted by molar-refractivity contribution is 5.52. The van der Waals surface area contributed by atoms with Crippen LogP contribution in [0.25, 0.3) is 11.5 Å². The molecule has 0 unspecified atom stereocenters. The first-order valence-electron chi connectivity index (χ1n) is 4.81. The summed E-state index contributed by atoms with van der Waals surface area (Å²) in [7, 11) is 1.57. The van der Waals surface area contributed by atoms with Crippen LogP contribution in [-0.4, -0.2) is 22.1 Å². The minimum Gasteiger partial charge on any atom is -0.481 e. The van der Waals surface area contributed by atoms with E-state index < -0.39 is 0 Å². The maximum Gasteiger partial charge on any atom is 0.213 e. The Balaban J connectivity index is 2.49. The van der Waals surface area contributed by atoms with Crippen LogP contribution in [0.2, 0.25) is 0 Å². The molecule has 0 radical (unpaired) electrons. The van der Waals surface area contributed by atoms with Gasteiger partial charge in [-0.3, -0.25) is 0 Å². The molecule has 2 aromatic heterocycles. The Morgan fingerprint density at radius 2 is 2.00 bits per heavy atom. The van der Waals surface area contributed by atoms with Gasteiger partial charge in [0.05, 0.1) is 7.11 Å². The molecule has 5 nitrogen and oxygen atoms in total. The molecule has 82 valence electrons. The number of aryl methyl sites for hydroxylation is 1. The molecule has 0 aromatic carbocycles. The van der Waals surface area contributed by atoms with Crippen LogP contribution >= 0.6 is 0 Å². The molecule has 0 aliphatic carbocycles. The van der Waals surface area contributed by atoms with E-state index in [0.29, 0.717) is 23.2 Å². The number of rotatable bonds is 2. The fraction of sp³-hybridized carbons (Fsp3) is 0.182. The zero-order valence-electron chi connectivity index (χ0n) is 9.14. The van der Waals surface area contributed by atoms with Gasteiger partial charge in [-0.15, -0.1) is 0 Å². The Hall–Kier alpha value is -2.17. The van der Waals surface area contributed by atoms with Crippen LogP contribution in [0, 0.1) is 6.92 Å². The number of nitrogen functional groups attached to an aromatic ring is 1. The van der Waals surface area contributed by atoms with Crippen LogP contribution < -0.4 is 10.5 Å². The Morgan fingerprint density at radius 3 is 2.69 bits per heavy atom. The summed E-state index contributed by atoms with van der Waals surface area (Å²) in [5.74, 6) is 1.48. The van der Waals surface area contributed by atoms with Crippen molar-refractivity contribution >= 4 is 5.82 Å². The van der Waals surface area contributed by atoms with E-state index in [1.54, 1.807) is 19.2 Å². The van der Waals surface area contributed by atoms with Crippen LogP contribution in [-0.2, 0) is 0 Å². The summed E-state index contributed by atoms with van der Waals surface area (Å²) in [5, 5.41) is 0. The number of pyridine rings is 1. The summed E-state index contributed by atoms with van der Waals surface area (Å²) in [5.41, 5.74) is 7.12. The molecule has 2 rings (SSSR count). The summed E-state index contributed by atoms with van der Waals surface area (Å²) in [6.07, 6.45) is 0. The molecule has 0 aliphatic heterocycles. The number of methoxy groups -OCH3 is 1. The van der Waals surface area contributed by atoms with Crippen LogP contribution in [0.4, 0.5) is 5.82 Å². The molecular formula is C11H12N4O. The minimum absolute atomic E-state index is 0.437. The van der Waals surface area contributed by atoms with Crippen molar-refractivity contribution < 1.29 is 4.74 Å². The van der Waals surface area contributed by atoms with Crippen molar-refractivity contribution in [3.63, 3.8) is 0 Å². The standard InChI is InChI=1S/C11H12N4O/c1-7-6-9(12)15-11(13-7)8-4-3-5-10(14-8)16-2/h3-6H,1-2H3,(H2,12,13,15). The number of nitrogens with two attached hydrogens (primary N) is 1. The Kier molecular flexibility index (Phi) is 2.68. The van der Waals surface area contributed by atoms with E-state index in [0.717, 1.165) is 5.69 Å². The molecule has 0 bridgehead atoms. The van der Waals surface area contributed by atoms with Gasteiger partial charge in [0.2, 0.25) is 5.88 Å². The van der Waals surface area contributed by atoms with Crippen LogP contribution in [0.5, 0.6) is 5.88 Å². The predicted octanol–water partition coefficient (Wildman–Crippen LogP) is 1.44. The van der Waals surface area contributed by atoms with Gasteiger partial charge >= 0.3 is 0 Å². The fourth-order valence-corrected chi connectivity index (χ4v) is 1.36. The lowest BCUT2D eigenvalue weighted by molar-refractivity contribution is 0.398. The molecule has 0 saturated heterocycles. The first kappa shape index (κ1) is 10.4. The van der Waals surface area contributed by atoms with Crippen molar-refractivity contribution in [3.05, 3.63) is 30.0 Å². The second-order valence-corrected chi connectivity index (χ2v) is 3.32. The maximum atomic E-state index is 5.66. The number of aromatic nitrogens is 3. The fourth-order valence-electron chi connectivity index (χ4n) is 1.36. The van der Waals surface area contributed by atoms with Crippen molar-refractivity contribution in [2.24, 2.45) is 0 Å². The largest absolute Gasteiger partial charge is 0.481 e. The van der Waals surface area contributed by atoms with E-state index in [-0.39, 0.29) is 0 Å². The van der Waals surface area contributed by atoms with Gasteiger partial charge < -0.3 is 10.5 Å². The number of anilines is 1. The van der Waals surface area contributed by atoms with E-state index in [9.17, 15) is 0 Å². The second-order valence-electron chi connectivity index (χ2n) is 3.32. The topological polar surface area (TPSA) is 73.9 Å². The maximum absolute atomic E-state index is 5.66. The highest BCUT2D eigenvalue weighted by Crippen LogP contribution is 2.17. The van der Waals surface area contributed by atoms with Gasteiger partial charge in [-0.1, -0.05) is 6.07 Å². The predicted molar refractivity (Wildman–Crippen MR) is 61.0 cm³/mol. The van der Waals surface area contributed by atoms with Gasteiger partial charge in [0.15, 0.2) is 5.82 Å². The SMILES string of the molecule is COc1cccc(-c2nc(C)cc(N)n2)n1. The van der Waals surface area contributed by atoms with Crippen molar-refractivity contribution in [2.45, 2.75) is 6.92 Å². The molecule has 0 fully saturated rings. The smallest absolute Gasteiger partial charge is 0.213 e. The van der Waals surface area contributed by atoms with Crippen molar-refractivity contribution in [1.29, 1.82) is 0 Å². The molecule has 0 amide bonds. The lowest BCUT2D eigenvalue weighted by atomic mass is 10.3. The molecule has 5 heteroatoms. The monoisotopic (exact) mass is 216 g/mol. The summed E-state index contributed by atoms with van der Waals surface area (Å²) >= 11 is 0. The third kappa shape index (κ3) is 2.08. The molecular weight excluding hydrogens is 204 g/mol. The number of hydrogen-bond acceptors (Lipinski definition) is 5. The highest BCUT2D eigenvalue weighted by Gasteiger charge is 2.05. The van der Waals surface area contributed by atoms with Crippen molar-refractivity contribution in [1.82, 2.24) is 15.0 Å². The van der Waals surface area contributed by atoms with Crippen LogP contribution in [0.15, 0.2) is 24.3 Å². The molecule has 0 atom stereocenters. The van der Waals surface area contributed by atoms with E-state index in [1.165, 1.54) is 0 Å². The zero-order valence-corrected chi connectivity index (χ0v) is 9.14. The Morgan fingerprint density at radius 1 is 1.19 bits per heavy atom. The van der Waals surface area contributed by atoms with Gasteiger partial charge in [-0.05, 0) is 13.0 Å². The van der Waals surface area contributed by atoms with Crippen molar-refractivity contribution in [2.75, 3.05) is 12.8 Å². The molecule has 0 aliphatic rings. The van der Waals surface area contributed by atoms with Crippen LogP contribution in [0.3, 0.4) is 0 Å². The molecule has 0 spiro atoms. The normalized spacial score (nSPS) is 10.1. The molecule has 0 saturated carbocycles. The summed E-state index contributed by atoms with van der Waals surface area (Å²) in [4.78, 5) is 12.6. The third-order valence-corrected chi connectivity index (χ3v) is 2.04. The van der Waals surface area contributed by atoms with E-state index in [1.807, 2.05) is 19.1 Å². The summed E-state index contributed by atoms with van der Waals surface area (Å²) < 4.78 is 5.04. The average Bonchev–Trinajstić information content (AvgIpc) is 2.28. The number of ether oxygens (including phenoxy) is 1. The first-order chi connectivity index (χ1) is 7.69. The van der Waals surface area contributed by atoms with Gasteiger partial charge in [-0.2, -0.15) is 0 Å². The quantitative estimate of drug-likeness (QED) is 0.822. The van der Waals surface area contributed by atoms with E-state index >= 15 is 0 Å². The third-order valence-electron chi connectivity index (χ3n) is 2.04.